The SMILES string of the molecule is Cc1cccc(OC2CCN(C(=O)[C@@H](N)Cc3ccc(O)cc3)CC2)c1.Cl. The molecule has 2 aromatic carbocycles. The van der Waals surface area contributed by atoms with Crippen molar-refractivity contribution >= 4 is 18.3 Å². The third-order valence-corrected chi connectivity index (χ3v) is 4.76. The van der Waals surface area contributed by atoms with Crippen LogP contribution in [0.2, 0.25) is 0 Å². The number of carbonyl (C=O) groups is 1. The lowest BCUT2D eigenvalue weighted by Gasteiger charge is -2.33. The van der Waals surface area contributed by atoms with Crippen molar-refractivity contribution < 1.29 is 14.6 Å². The molecule has 1 amide bonds. The highest BCUT2D eigenvalue weighted by Gasteiger charge is 2.27. The number of likely N-dealkylation sites (tertiary alicyclic amines) is 1. The quantitative estimate of drug-likeness (QED) is 0.822. The summed E-state index contributed by atoms with van der Waals surface area (Å²) in [6.45, 7) is 3.38. The summed E-state index contributed by atoms with van der Waals surface area (Å²) < 4.78 is 6.04. The van der Waals surface area contributed by atoms with Crippen LogP contribution in [0.1, 0.15) is 24.0 Å². The van der Waals surface area contributed by atoms with E-state index in [-0.39, 0.29) is 30.2 Å². The molecule has 1 aliphatic rings. The van der Waals surface area contributed by atoms with Gasteiger partial charge in [0.15, 0.2) is 0 Å². The van der Waals surface area contributed by atoms with Crippen molar-refractivity contribution in [1.29, 1.82) is 0 Å². The Balaban J connectivity index is 0.00000261. The van der Waals surface area contributed by atoms with Crippen LogP contribution in [0.5, 0.6) is 11.5 Å². The van der Waals surface area contributed by atoms with Crippen LogP contribution in [0.4, 0.5) is 0 Å². The number of phenols is 1. The molecule has 1 heterocycles. The second-order valence-electron chi connectivity index (χ2n) is 6.94. The molecule has 6 heteroatoms. The van der Waals surface area contributed by atoms with Gasteiger partial charge in [-0.15, -0.1) is 12.4 Å². The lowest BCUT2D eigenvalue weighted by molar-refractivity contribution is -0.134. The van der Waals surface area contributed by atoms with Gasteiger partial charge in [-0.1, -0.05) is 24.3 Å². The first-order valence-corrected chi connectivity index (χ1v) is 9.07. The Morgan fingerprint density at radius 2 is 1.89 bits per heavy atom. The van der Waals surface area contributed by atoms with E-state index in [1.807, 2.05) is 36.1 Å². The van der Waals surface area contributed by atoms with E-state index in [1.165, 1.54) is 5.56 Å². The molecule has 0 unspecified atom stereocenters. The molecule has 0 aliphatic carbocycles. The topological polar surface area (TPSA) is 75.8 Å². The molecular weight excluding hydrogens is 364 g/mol. The summed E-state index contributed by atoms with van der Waals surface area (Å²) in [5.74, 6) is 1.08. The Kier molecular flexibility index (Phi) is 7.51. The van der Waals surface area contributed by atoms with Crippen molar-refractivity contribution in [2.75, 3.05) is 13.1 Å². The third-order valence-electron chi connectivity index (χ3n) is 4.76. The number of carbonyl (C=O) groups excluding carboxylic acids is 1. The molecule has 146 valence electrons. The molecule has 1 saturated heterocycles. The van der Waals surface area contributed by atoms with E-state index in [0.717, 1.165) is 24.2 Å². The number of aryl methyl sites for hydroxylation is 1. The van der Waals surface area contributed by atoms with E-state index in [9.17, 15) is 9.90 Å². The second-order valence-corrected chi connectivity index (χ2v) is 6.94. The fraction of sp³-hybridized carbons (Fsp3) is 0.381. The number of nitrogens with two attached hydrogens (primary N) is 1. The van der Waals surface area contributed by atoms with Gasteiger partial charge in [-0.25, -0.2) is 0 Å². The van der Waals surface area contributed by atoms with Gasteiger partial charge in [0, 0.05) is 25.9 Å². The molecule has 1 aliphatic heterocycles. The minimum atomic E-state index is -0.561. The highest BCUT2D eigenvalue weighted by molar-refractivity contribution is 5.85. The predicted molar refractivity (Wildman–Crippen MR) is 108 cm³/mol. The van der Waals surface area contributed by atoms with E-state index in [0.29, 0.717) is 19.5 Å². The average Bonchev–Trinajstić information content (AvgIpc) is 2.64. The maximum Gasteiger partial charge on any atom is 0.239 e. The van der Waals surface area contributed by atoms with Crippen molar-refractivity contribution in [3.63, 3.8) is 0 Å². The number of piperidine rings is 1. The lowest BCUT2D eigenvalue weighted by atomic mass is 10.0. The molecule has 0 bridgehead atoms. The summed E-state index contributed by atoms with van der Waals surface area (Å²) in [7, 11) is 0. The van der Waals surface area contributed by atoms with Gasteiger partial charge in [0.2, 0.25) is 5.91 Å². The van der Waals surface area contributed by atoms with Gasteiger partial charge in [0.05, 0.1) is 6.04 Å². The van der Waals surface area contributed by atoms with Crippen LogP contribution < -0.4 is 10.5 Å². The molecule has 27 heavy (non-hydrogen) atoms. The zero-order valence-electron chi connectivity index (χ0n) is 15.5. The van der Waals surface area contributed by atoms with Crippen LogP contribution in [-0.4, -0.2) is 41.1 Å². The van der Waals surface area contributed by atoms with Crippen LogP contribution in [0.15, 0.2) is 48.5 Å². The van der Waals surface area contributed by atoms with Gasteiger partial charge in [0.1, 0.15) is 17.6 Å². The lowest BCUT2D eigenvalue weighted by Crippen LogP contribution is -2.49. The Morgan fingerprint density at radius 3 is 2.52 bits per heavy atom. The van der Waals surface area contributed by atoms with E-state index >= 15 is 0 Å². The minimum Gasteiger partial charge on any atom is -0.508 e. The van der Waals surface area contributed by atoms with Gasteiger partial charge in [0.25, 0.3) is 0 Å². The van der Waals surface area contributed by atoms with E-state index in [1.54, 1.807) is 24.3 Å². The molecule has 0 radical (unpaired) electrons. The number of rotatable bonds is 5. The Hall–Kier alpha value is -2.24. The number of aromatic hydroxyl groups is 1. The van der Waals surface area contributed by atoms with Gasteiger partial charge in [-0.05, 0) is 48.7 Å². The van der Waals surface area contributed by atoms with Crippen LogP contribution in [0.25, 0.3) is 0 Å². The van der Waals surface area contributed by atoms with Gasteiger partial charge in [-0.2, -0.15) is 0 Å². The largest absolute Gasteiger partial charge is 0.508 e. The van der Waals surface area contributed by atoms with Crippen LogP contribution in [-0.2, 0) is 11.2 Å². The summed E-state index contributed by atoms with van der Waals surface area (Å²) in [6, 6.07) is 14.3. The van der Waals surface area contributed by atoms with Crippen LogP contribution in [0.3, 0.4) is 0 Å². The number of halogens is 1. The maximum absolute atomic E-state index is 12.6. The van der Waals surface area contributed by atoms with Gasteiger partial charge < -0.3 is 20.5 Å². The Bertz CT molecular complexity index is 743. The van der Waals surface area contributed by atoms with Crippen LogP contribution >= 0.6 is 12.4 Å². The van der Waals surface area contributed by atoms with Crippen molar-refractivity contribution in [1.82, 2.24) is 4.90 Å². The number of phenolic OH excluding ortho intramolecular Hbond substituents is 1. The first-order valence-electron chi connectivity index (χ1n) is 9.07. The predicted octanol–water partition coefficient (Wildman–Crippen LogP) is 3.06. The Labute approximate surface area is 166 Å². The molecule has 5 nitrogen and oxygen atoms in total. The molecule has 0 saturated carbocycles. The number of hydrogen-bond donors (Lipinski definition) is 2. The Morgan fingerprint density at radius 1 is 1.22 bits per heavy atom. The smallest absolute Gasteiger partial charge is 0.239 e. The summed E-state index contributed by atoms with van der Waals surface area (Å²) in [4.78, 5) is 14.4. The first-order chi connectivity index (χ1) is 12.5. The zero-order valence-corrected chi connectivity index (χ0v) is 16.3. The number of ether oxygens (including phenoxy) is 1. The second kappa shape index (κ2) is 9.62. The van der Waals surface area contributed by atoms with Crippen molar-refractivity contribution in [2.45, 2.75) is 38.3 Å². The number of hydrogen-bond acceptors (Lipinski definition) is 4. The van der Waals surface area contributed by atoms with Gasteiger partial charge in [-0.3, -0.25) is 4.79 Å². The van der Waals surface area contributed by atoms with Crippen molar-refractivity contribution in [3.05, 3.63) is 59.7 Å². The molecule has 0 spiro atoms. The summed E-state index contributed by atoms with van der Waals surface area (Å²) >= 11 is 0. The average molecular weight is 391 g/mol. The molecule has 1 atom stereocenters. The summed E-state index contributed by atoms with van der Waals surface area (Å²) in [5.41, 5.74) is 8.23. The van der Waals surface area contributed by atoms with E-state index in [4.69, 9.17) is 10.5 Å². The minimum absolute atomic E-state index is 0. The van der Waals surface area contributed by atoms with E-state index in [2.05, 4.69) is 0 Å². The zero-order chi connectivity index (χ0) is 18.5. The normalized spacial score (nSPS) is 15.7. The van der Waals surface area contributed by atoms with Crippen molar-refractivity contribution in [3.8, 4) is 11.5 Å². The molecule has 3 rings (SSSR count). The van der Waals surface area contributed by atoms with Crippen LogP contribution in [0, 0.1) is 6.92 Å². The highest BCUT2D eigenvalue weighted by atomic mass is 35.5. The number of amides is 1. The monoisotopic (exact) mass is 390 g/mol. The maximum atomic E-state index is 12.6. The molecule has 2 aromatic rings. The van der Waals surface area contributed by atoms with Gasteiger partial charge >= 0.3 is 0 Å². The fourth-order valence-corrected chi connectivity index (χ4v) is 3.28. The standard InChI is InChI=1S/C21H26N2O3.ClH/c1-15-3-2-4-19(13-15)26-18-9-11-23(12-10-18)21(25)20(22)14-16-5-7-17(24)8-6-16;/h2-8,13,18,20,24H,9-12,14,22H2,1H3;1H/t20-;/m0./s1. The first kappa shape index (κ1) is 21.1. The summed E-state index contributed by atoms with van der Waals surface area (Å²) in [6.07, 6.45) is 2.23. The highest BCUT2D eigenvalue weighted by Crippen LogP contribution is 2.20. The van der Waals surface area contributed by atoms with Crippen molar-refractivity contribution in [2.24, 2.45) is 5.73 Å². The van der Waals surface area contributed by atoms with E-state index < -0.39 is 6.04 Å². The molecular formula is C21H27ClN2O3. The molecule has 0 aromatic heterocycles. The molecule has 1 fully saturated rings. The number of nitrogens with zero attached hydrogens (tertiary/aromatic N) is 1. The molecule has 3 N–H and O–H groups in total. The third kappa shape index (κ3) is 5.88. The fourth-order valence-electron chi connectivity index (χ4n) is 3.28. The summed E-state index contributed by atoms with van der Waals surface area (Å²) in [5, 5.41) is 9.33. The number of benzene rings is 2.